The second-order valence-corrected chi connectivity index (χ2v) is 6.76. The van der Waals surface area contributed by atoms with E-state index in [2.05, 4.69) is 0 Å². The standard InChI is InChI=1S/C20H19F3O4/c1-24-13-8-6-12(7-9-13)18-15-10-25-11-16(15)19(27-26-18)14-4-2-3-5-17(14)20(21,22)23/h2-9,15-16,18-19H,10-11H2,1H3/t15-,16-,18+,19-/m0/s1. The van der Waals surface area contributed by atoms with E-state index in [1.165, 1.54) is 12.1 Å². The Labute approximate surface area is 154 Å². The van der Waals surface area contributed by atoms with Crippen LogP contribution in [0.3, 0.4) is 0 Å². The molecule has 0 N–H and O–H groups in total. The molecule has 0 aliphatic carbocycles. The molecule has 2 aromatic rings. The third kappa shape index (κ3) is 3.42. The molecule has 2 saturated heterocycles. The van der Waals surface area contributed by atoms with Gasteiger partial charge in [0.2, 0.25) is 0 Å². The summed E-state index contributed by atoms with van der Waals surface area (Å²) in [5, 5.41) is 0. The zero-order valence-corrected chi connectivity index (χ0v) is 14.6. The van der Waals surface area contributed by atoms with Gasteiger partial charge in [-0.1, -0.05) is 30.3 Å². The molecule has 0 saturated carbocycles. The van der Waals surface area contributed by atoms with E-state index in [-0.39, 0.29) is 17.4 Å². The van der Waals surface area contributed by atoms with Crippen LogP contribution in [-0.2, 0) is 20.7 Å². The van der Waals surface area contributed by atoms with Crippen LogP contribution in [-0.4, -0.2) is 20.3 Å². The molecule has 27 heavy (non-hydrogen) atoms. The molecule has 4 atom stereocenters. The molecule has 0 unspecified atom stereocenters. The molecular formula is C20H19F3O4. The van der Waals surface area contributed by atoms with Crippen LogP contribution in [0.25, 0.3) is 0 Å². The second-order valence-electron chi connectivity index (χ2n) is 6.76. The molecule has 0 aromatic heterocycles. The molecule has 2 fully saturated rings. The number of benzene rings is 2. The number of hydrogen-bond donors (Lipinski definition) is 0. The Morgan fingerprint density at radius 1 is 0.889 bits per heavy atom. The summed E-state index contributed by atoms with van der Waals surface area (Å²) in [5.41, 5.74) is 0.254. The number of halogens is 3. The van der Waals surface area contributed by atoms with Crippen molar-refractivity contribution in [3.63, 3.8) is 0 Å². The first-order valence-electron chi connectivity index (χ1n) is 8.69. The first-order chi connectivity index (χ1) is 13.0. The van der Waals surface area contributed by atoms with E-state index >= 15 is 0 Å². The Morgan fingerprint density at radius 2 is 1.52 bits per heavy atom. The van der Waals surface area contributed by atoms with Gasteiger partial charge in [-0.3, -0.25) is 0 Å². The van der Waals surface area contributed by atoms with Crippen molar-refractivity contribution in [2.24, 2.45) is 11.8 Å². The van der Waals surface area contributed by atoms with Gasteiger partial charge in [0.1, 0.15) is 18.0 Å². The van der Waals surface area contributed by atoms with Crippen molar-refractivity contribution in [3.05, 3.63) is 65.2 Å². The number of rotatable bonds is 3. The van der Waals surface area contributed by atoms with Gasteiger partial charge in [-0.2, -0.15) is 13.2 Å². The first-order valence-corrected chi connectivity index (χ1v) is 8.69. The number of methoxy groups -OCH3 is 1. The van der Waals surface area contributed by atoms with Crippen LogP contribution >= 0.6 is 0 Å². The maximum atomic E-state index is 13.4. The highest BCUT2D eigenvalue weighted by Gasteiger charge is 2.49. The van der Waals surface area contributed by atoms with Crippen molar-refractivity contribution in [3.8, 4) is 5.75 Å². The molecule has 2 aliphatic rings. The lowest BCUT2D eigenvalue weighted by Gasteiger charge is -2.38. The van der Waals surface area contributed by atoms with E-state index in [1.54, 1.807) is 13.2 Å². The average Bonchev–Trinajstić information content (AvgIpc) is 3.16. The predicted molar refractivity (Wildman–Crippen MR) is 89.9 cm³/mol. The van der Waals surface area contributed by atoms with Gasteiger partial charge in [0.25, 0.3) is 0 Å². The highest BCUT2D eigenvalue weighted by atomic mass is 19.4. The molecule has 144 valence electrons. The second kappa shape index (κ2) is 7.14. The van der Waals surface area contributed by atoms with Gasteiger partial charge in [-0.05, 0) is 29.3 Å². The minimum absolute atomic E-state index is 0.0821. The van der Waals surface area contributed by atoms with Crippen molar-refractivity contribution in [1.82, 2.24) is 0 Å². The van der Waals surface area contributed by atoms with Gasteiger partial charge in [0, 0.05) is 11.8 Å². The van der Waals surface area contributed by atoms with Crippen LogP contribution in [0, 0.1) is 11.8 Å². The molecule has 0 bridgehead atoms. The fourth-order valence-corrected chi connectivity index (χ4v) is 3.86. The fraction of sp³-hybridized carbons (Fsp3) is 0.400. The normalized spacial score (nSPS) is 28.0. The third-order valence-corrected chi connectivity index (χ3v) is 5.23. The Bertz CT molecular complexity index is 791. The van der Waals surface area contributed by atoms with E-state index in [0.29, 0.717) is 19.0 Å². The molecule has 2 heterocycles. The van der Waals surface area contributed by atoms with Gasteiger partial charge in [0.05, 0.1) is 25.9 Å². The van der Waals surface area contributed by atoms with Crippen molar-refractivity contribution in [2.45, 2.75) is 18.4 Å². The van der Waals surface area contributed by atoms with Crippen LogP contribution in [0.2, 0.25) is 0 Å². The van der Waals surface area contributed by atoms with Gasteiger partial charge >= 0.3 is 6.18 Å². The Kier molecular flexibility index (Phi) is 4.84. The Balaban J connectivity index is 1.63. The summed E-state index contributed by atoms with van der Waals surface area (Å²) in [6.45, 7) is 0.743. The van der Waals surface area contributed by atoms with Gasteiger partial charge < -0.3 is 9.47 Å². The zero-order chi connectivity index (χ0) is 19.0. The minimum Gasteiger partial charge on any atom is -0.497 e. The first kappa shape index (κ1) is 18.3. The number of fused-ring (bicyclic) bond motifs is 1. The summed E-state index contributed by atoms with van der Waals surface area (Å²) in [6.07, 6.45) is -5.69. The van der Waals surface area contributed by atoms with E-state index in [1.807, 2.05) is 24.3 Å². The summed E-state index contributed by atoms with van der Waals surface area (Å²) in [7, 11) is 1.58. The molecule has 0 amide bonds. The predicted octanol–water partition coefficient (Wildman–Crippen LogP) is 4.72. The molecule has 2 aliphatic heterocycles. The lowest BCUT2D eigenvalue weighted by atomic mass is 9.80. The highest BCUT2D eigenvalue weighted by molar-refractivity contribution is 5.33. The SMILES string of the molecule is COc1ccc([C@H]2OO[C@@H](c3ccccc3C(F)(F)F)[C@H]3COC[C@@H]32)cc1. The van der Waals surface area contributed by atoms with E-state index in [9.17, 15) is 13.2 Å². The Morgan fingerprint density at radius 3 is 2.19 bits per heavy atom. The lowest BCUT2D eigenvalue weighted by molar-refractivity contribution is -0.403. The molecule has 0 spiro atoms. The number of ether oxygens (including phenoxy) is 2. The summed E-state index contributed by atoms with van der Waals surface area (Å²) in [4.78, 5) is 11.1. The third-order valence-electron chi connectivity index (χ3n) is 5.23. The maximum Gasteiger partial charge on any atom is 0.416 e. The molecule has 7 heteroatoms. The largest absolute Gasteiger partial charge is 0.497 e. The topological polar surface area (TPSA) is 36.9 Å². The summed E-state index contributed by atoms with van der Waals surface area (Å²) in [6, 6.07) is 12.8. The smallest absolute Gasteiger partial charge is 0.416 e. The van der Waals surface area contributed by atoms with Crippen molar-refractivity contribution < 1.29 is 32.4 Å². The zero-order valence-electron chi connectivity index (χ0n) is 14.6. The lowest BCUT2D eigenvalue weighted by Crippen LogP contribution is -2.35. The van der Waals surface area contributed by atoms with Gasteiger partial charge in [-0.25, -0.2) is 9.78 Å². The molecule has 0 radical (unpaired) electrons. The molecule has 2 aromatic carbocycles. The fourth-order valence-electron chi connectivity index (χ4n) is 3.86. The minimum atomic E-state index is -4.46. The molecule has 4 nitrogen and oxygen atoms in total. The summed E-state index contributed by atoms with van der Waals surface area (Å²) < 4.78 is 51.0. The van der Waals surface area contributed by atoms with Gasteiger partial charge in [0.15, 0.2) is 0 Å². The van der Waals surface area contributed by atoms with Crippen molar-refractivity contribution in [1.29, 1.82) is 0 Å². The molecule has 4 rings (SSSR count). The van der Waals surface area contributed by atoms with Crippen molar-refractivity contribution >= 4 is 0 Å². The van der Waals surface area contributed by atoms with Gasteiger partial charge in [-0.15, -0.1) is 0 Å². The summed E-state index contributed by atoms with van der Waals surface area (Å²) >= 11 is 0. The number of alkyl halides is 3. The molecular weight excluding hydrogens is 361 g/mol. The van der Waals surface area contributed by atoms with Crippen molar-refractivity contribution in [2.75, 3.05) is 20.3 Å². The monoisotopic (exact) mass is 380 g/mol. The highest BCUT2D eigenvalue weighted by Crippen LogP contribution is 2.50. The quantitative estimate of drug-likeness (QED) is 0.722. The maximum absolute atomic E-state index is 13.4. The van der Waals surface area contributed by atoms with Crippen LogP contribution in [0.1, 0.15) is 28.9 Å². The van der Waals surface area contributed by atoms with E-state index < -0.39 is 23.9 Å². The van der Waals surface area contributed by atoms with Crippen LogP contribution in [0.15, 0.2) is 48.5 Å². The van der Waals surface area contributed by atoms with Crippen LogP contribution in [0.4, 0.5) is 13.2 Å². The Hall–Kier alpha value is -2.09. The van der Waals surface area contributed by atoms with E-state index in [4.69, 9.17) is 19.2 Å². The average molecular weight is 380 g/mol. The van der Waals surface area contributed by atoms with E-state index in [0.717, 1.165) is 11.6 Å². The summed E-state index contributed by atoms with van der Waals surface area (Å²) in [5.74, 6) is 0.388. The number of hydrogen-bond acceptors (Lipinski definition) is 4. The van der Waals surface area contributed by atoms with Crippen LogP contribution in [0.5, 0.6) is 5.75 Å². The van der Waals surface area contributed by atoms with Crippen LogP contribution < -0.4 is 4.74 Å².